The Balaban J connectivity index is 2.68. The van der Waals surface area contributed by atoms with Crippen molar-refractivity contribution in [3.05, 3.63) is 28.2 Å². The van der Waals surface area contributed by atoms with E-state index in [9.17, 15) is 22.8 Å². The minimum atomic E-state index is -5.18. The van der Waals surface area contributed by atoms with Crippen LogP contribution in [0, 0.1) is 0 Å². The van der Waals surface area contributed by atoms with Gasteiger partial charge in [0.1, 0.15) is 0 Å². The van der Waals surface area contributed by atoms with Gasteiger partial charge in [-0.25, -0.2) is 4.79 Å². The van der Waals surface area contributed by atoms with Crippen LogP contribution < -0.4 is 10.1 Å². The van der Waals surface area contributed by atoms with Crippen molar-refractivity contribution in [1.82, 2.24) is 5.32 Å². The number of imide groups is 1. The molecule has 0 fully saturated rings. The van der Waals surface area contributed by atoms with E-state index in [2.05, 4.69) is 4.74 Å². The van der Waals surface area contributed by atoms with Crippen LogP contribution in [0.25, 0.3) is 0 Å². The highest BCUT2D eigenvalue weighted by Crippen LogP contribution is 2.27. The maximum absolute atomic E-state index is 11.8. The van der Waals surface area contributed by atoms with Crippen molar-refractivity contribution in [3.63, 3.8) is 0 Å². The van der Waals surface area contributed by atoms with Crippen molar-refractivity contribution in [1.29, 1.82) is 0 Å². The summed E-state index contributed by atoms with van der Waals surface area (Å²) < 4.78 is 39.9. The van der Waals surface area contributed by atoms with Gasteiger partial charge in [-0.1, -0.05) is 23.2 Å². The first-order valence-electron chi connectivity index (χ1n) is 4.25. The van der Waals surface area contributed by atoms with E-state index in [1.807, 2.05) is 0 Å². The van der Waals surface area contributed by atoms with Gasteiger partial charge in [-0.2, -0.15) is 13.2 Å². The lowest BCUT2D eigenvalue weighted by atomic mass is 10.3. The highest BCUT2D eigenvalue weighted by atomic mass is 35.5. The first-order valence-corrected chi connectivity index (χ1v) is 5.01. The van der Waals surface area contributed by atoms with Gasteiger partial charge < -0.3 is 4.74 Å². The van der Waals surface area contributed by atoms with Crippen LogP contribution in [0.1, 0.15) is 0 Å². The molecule has 0 aromatic heterocycles. The number of alkyl halides is 3. The molecule has 0 aliphatic carbocycles. The molecule has 1 N–H and O–H groups in total. The molecule has 9 heteroatoms. The zero-order chi connectivity index (χ0) is 13.9. The SMILES string of the molecule is O=C(NC(=O)C(F)(F)F)Oc1ccc(Cl)cc1Cl. The van der Waals surface area contributed by atoms with E-state index in [1.54, 1.807) is 0 Å². The predicted octanol–water partition coefficient (Wildman–Crippen LogP) is 3.17. The molecule has 0 saturated carbocycles. The molecule has 18 heavy (non-hydrogen) atoms. The van der Waals surface area contributed by atoms with E-state index in [1.165, 1.54) is 18.2 Å². The average molecular weight is 302 g/mol. The standard InChI is InChI=1S/C9H4Cl2F3NO3/c10-4-1-2-6(5(11)3-4)18-8(17)15-7(16)9(12,13)14/h1-3H,(H,15,16,17). The van der Waals surface area contributed by atoms with Gasteiger partial charge >= 0.3 is 18.2 Å². The fourth-order valence-corrected chi connectivity index (χ4v) is 1.29. The Bertz CT molecular complexity index is 490. The molecule has 0 radical (unpaired) electrons. The average Bonchev–Trinajstić information content (AvgIpc) is 2.20. The van der Waals surface area contributed by atoms with Crippen molar-refractivity contribution >= 4 is 35.2 Å². The van der Waals surface area contributed by atoms with E-state index < -0.39 is 18.2 Å². The smallest absolute Gasteiger partial charge is 0.408 e. The number of ether oxygens (including phenoxy) is 1. The number of carbonyl (C=O) groups excluding carboxylic acids is 2. The molecule has 1 aromatic carbocycles. The van der Waals surface area contributed by atoms with Crippen molar-refractivity contribution in [3.8, 4) is 5.75 Å². The number of benzene rings is 1. The molecule has 0 saturated heterocycles. The van der Waals surface area contributed by atoms with Crippen LogP contribution in [0.4, 0.5) is 18.0 Å². The maximum atomic E-state index is 11.8. The topological polar surface area (TPSA) is 55.4 Å². The summed E-state index contributed by atoms with van der Waals surface area (Å²) >= 11 is 11.2. The summed E-state index contributed by atoms with van der Waals surface area (Å²) in [6.07, 6.45) is -6.77. The van der Waals surface area contributed by atoms with Crippen LogP contribution in [-0.2, 0) is 4.79 Å². The Hall–Kier alpha value is -1.47. The fraction of sp³-hybridized carbons (Fsp3) is 0.111. The second-order valence-electron chi connectivity index (χ2n) is 2.92. The van der Waals surface area contributed by atoms with Gasteiger partial charge in [0.25, 0.3) is 0 Å². The van der Waals surface area contributed by atoms with Crippen LogP contribution in [0.2, 0.25) is 10.0 Å². The molecule has 0 aliphatic heterocycles. The monoisotopic (exact) mass is 301 g/mol. The Morgan fingerprint density at radius 2 is 1.83 bits per heavy atom. The Morgan fingerprint density at radius 1 is 1.22 bits per heavy atom. The number of hydrogen-bond donors (Lipinski definition) is 1. The fourth-order valence-electron chi connectivity index (χ4n) is 0.847. The van der Waals surface area contributed by atoms with Crippen LogP contribution in [0.5, 0.6) is 5.75 Å². The summed E-state index contributed by atoms with van der Waals surface area (Å²) in [6.45, 7) is 0. The first-order chi connectivity index (χ1) is 8.20. The van der Waals surface area contributed by atoms with Gasteiger partial charge in [0.05, 0.1) is 5.02 Å². The quantitative estimate of drug-likeness (QED) is 0.867. The van der Waals surface area contributed by atoms with Crippen molar-refractivity contribution < 1.29 is 27.5 Å². The zero-order valence-electron chi connectivity index (χ0n) is 8.35. The summed E-state index contributed by atoms with van der Waals surface area (Å²) in [6, 6.07) is 3.70. The third-order valence-corrected chi connectivity index (χ3v) is 2.10. The third kappa shape index (κ3) is 4.08. The molecule has 0 spiro atoms. The van der Waals surface area contributed by atoms with E-state index >= 15 is 0 Å². The van der Waals surface area contributed by atoms with Crippen LogP contribution >= 0.6 is 23.2 Å². The van der Waals surface area contributed by atoms with Gasteiger partial charge in [-0.15, -0.1) is 0 Å². The lowest BCUT2D eigenvalue weighted by Gasteiger charge is -2.08. The van der Waals surface area contributed by atoms with Crippen LogP contribution in [-0.4, -0.2) is 18.2 Å². The Morgan fingerprint density at radius 3 is 2.33 bits per heavy atom. The van der Waals surface area contributed by atoms with E-state index in [0.29, 0.717) is 0 Å². The molecule has 0 heterocycles. The number of amides is 2. The molecular formula is C9H4Cl2F3NO3. The van der Waals surface area contributed by atoms with Gasteiger partial charge in [-0.05, 0) is 18.2 Å². The lowest BCUT2D eigenvalue weighted by molar-refractivity contribution is -0.172. The highest BCUT2D eigenvalue weighted by Gasteiger charge is 2.40. The maximum Gasteiger partial charge on any atom is 0.471 e. The minimum absolute atomic E-state index is 0.0860. The molecule has 4 nitrogen and oxygen atoms in total. The summed E-state index contributed by atoms with van der Waals surface area (Å²) in [5, 5.41) is 1.16. The molecule has 1 aromatic rings. The number of nitrogens with one attached hydrogen (secondary N) is 1. The normalized spacial score (nSPS) is 10.9. The number of carbonyl (C=O) groups is 2. The van der Waals surface area contributed by atoms with Crippen LogP contribution in [0.3, 0.4) is 0 Å². The summed E-state index contributed by atoms with van der Waals surface area (Å²) in [5.74, 6) is -2.66. The summed E-state index contributed by atoms with van der Waals surface area (Å²) in [4.78, 5) is 21.4. The molecule has 2 amide bonds. The molecule has 0 atom stereocenters. The Kier molecular flexibility index (Phi) is 4.42. The molecule has 98 valence electrons. The molecule has 0 bridgehead atoms. The minimum Gasteiger partial charge on any atom is -0.408 e. The van der Waals surface area contributed by atoms with Crippen molar-refractivity contribution in [2.75, 3.05) is 0 Å². The van der Waals surface area contributed by atoms with E-state index in [0.717, 1.165) is 5.32 Å². The van der Waals surface area contributed by atoms with Gasteiger partial charge in [-0.3, -0.25) is 10.1 Å². The van der Waals surface area contributed by atoms with Crippen molar-refractivity contribution in [2.45, 2.75) is 6.18 Å². The second kappa shape index (κ2) is 5.45. The number of halogens is 5. The summed E-state index contributed by atoms with van der Waals surface area (Å²) in [7, 11) is 0. The van der Waals surface area contributed by atoms with Gasteiger partial charge in [0.15, 0.2) is 5.75 Å². The largest absolute Gasteiger partial charge is 0.471 e. The van der Waals surface area contributed by atoms with Gasteiger partial charge in [0, 0.05) is 5.02 Å². The van der Waals surface area contributed by atoms with Crippen molar-refractivity contribution in [2.24, 2.45) is 0 Å². The third-order valence-electron chi connectivity index (χ3n) is 1.57. The first kappa shape index (κ1) is 14.6. The molecule has 0 unspecified atom stereocenters. The number of hydrogen-bond acceptors (Lipinski definition) is 3. The van der Waals surface area contributed by atoms with E-state index in [4.69, 9.17) is 23.2 Å². The van der Waals surface area contributed by atoms with Gasteiger partial charge in [0.2, 0.25) is 0 Å². The lowest BCUT2D eigenvalue weighted by Crippen LogP contribution is -2.41. The predicted molar refractivity (Wildman–Crippen MR) is 56.7 cm³/mol. The molecular weight excluding hydrogens is 298 g/mol. The Labute approximate surface area is 109 Å². The second-order valence-corrected chi connectivity index (χ2v) is 3.76. The number of rotatable bonds is 1. The van der Waals surface area contributed by atoms with E-state index in [-0.39, 0.29) is 15.8 Å². The zero-order valence-corrected chi connectivity index (χ0v) is 9.86. The van der Waals surface area contributed by atoms with Crippen LogP contribution in [0.15, 0.2) is 18.2 Å². The molecule has 0 aliphatic rings. The highest BCUT2D eigenvalue weighted by molar-refractivity contribution is 6.35. The molecule has 1 rings (SSSR count). The summed E-state index contributed by atoms with van der Waals surface area (Å²) in [5.41, 5.74) is 0.